The first-order valence-electron chi connectivity index (χ1n) is 7.58. The van der Waals surface area contributed by atoms with Crippen LogP contribution in [0.1, 0.15) is 20.9 Å². The molecule has 0 radical (unpaired) electrons. The third-order valence-corrected chi connectivity index (χ3v) is 3.68. The van der Waals surface area contributed by atoms with Crippen LogP contribution >= 0.6 is 0 Å². The van der Waals surface area contributed by atoms with Crippen LogP contribution in [0.25, 0.3) is 11.3 Å². The van der Waals surface area contributed by atoms with Gasteiger partial charge in [0.2, 0.25) is 0 Å². The Labute approximate surface area is 151 Å². The summed E-state index contributed by atoms with van der Waals surface area (Å²) >= 11 is 0. The number of amides is 1. The Morgan fingerprint density at radius 1 is 1.07 bits per heavy atom. The minimum atomic E-state index is -1.30. The van der Waals surface area contributed by atoms with Crippen molar-refractivity contribution in [3.8, 4) is 17.1 Å². The van der Waals surface area contributed by atoms with Crippen LogP contribution in [0.4, 0.5) is 11.4 Å². The van der Waals surface area contributed by atoms with E-state index in [1.807, 2.05) is 0 Å². The number of nitro benzene ring substituents is 1. The van der Waals surface area contributed by atoms with Crippen LogP contribution in [0.5, 0.6) is 5.75 Å². The first kappa shape index (κ1) is 17.7. The average Bonchev–Trinajstić information content (AvgIpc) is 3.11. The Morgan fingerprint density at radius 3 is 2.48 bits per heavy atom. The van der Waals surface area contributed by atoms with Gasteiger partial charge in [0.25, 0.3) is 11.6 Å². The number of carboxylic acids is 1. The fourth-order valence-electron chi connectivity index (χ4n) is 2.43. The molecule has 27 heavy (non-hydrogen) atoms. The largest absolute Gasteiger partial charge is 0.507 e. The van der Waals surface area contributed by atoms with Crippen molar-refractivity contribution < 1.29 is 29.1 Å². The van der Waals surface area contributed by atoms with Gasteiger partial charge in [-0.25, -0.2) is 4.79 Å². The van der Waals surface area contributed by atoms with Gasteiger partial charge in [-0.3, -0.25) is 14.9 Å². The lowest BCUT2D eigenvalue weighted by Gasteiger charge is -2.05. The predicted octanol–water partition coefficient (Wildman–Crippen LogP) is 3.51. The summed E-state index contributed by atoms with van der Waals surface area (Å²) in [6, 6.07) is 12.3. The van der Waals surface area contributed by atoms with Gasteiger partial charge in [0, 0.05) is 17.8 Å². The van der Waals surface area contributed by atoms with E-state index in [1.165, 1.54) is 36.4 Å². The summed E-state index contributed by atoms with van der Waals surface area (Å²) in [6.45, 7) is 0. The number of hydrogen-bond acceptors (Lipinski definition) is 6. The molecule has 0 atom stereocenters. The van der Waals surface area contributed by atoms with E-state index in [9.17, 15) is 24.8 Å². The molecule has 1 heterocycles. The number of phenols is 1. The highest BCUT2D eigenvalue weighted by molar-refractivity contribution is 6.03. The van der Waals surface area contributed by atoms with Gasteiger partial charge in [-0.2, -0.15) is 0 Å². The average molecular weight is 368 g/mol. The van der Waals surface area contributed by atoms with E-state index in [2.05, 4.69) is 5.32 Å². The van der Waals surface area contributed by atoms with Crippen molar-refractivity contribution in [3.05, 3.63) is 76.0 Å². The Morgan fingerprint density at radius 2 is 1.81 bits per heavy atom. The first-order chi connectivity index (χ1) is 12.9. The van der Waals surface area contributed by atoms with E-state index in [1.54, 1.807) is 6.07 Å². The van der Waals surface area contributed by atoms with Gasteiger partial charge in [-0.15, -0.1) is 0 Å². The maximum absolute atomic E-state index is 12.3. The summed E-state index contributed by atoms with van der Waals surface area (Å²) in [5, 5.41) is 32.1. The molecular formula is C18H12N2O7. The summed E-state index contributed by atoms with van der Waals surface area (Å²) < 4.78 is 5.41. The Kier molecular flexibility index (Phi) is 4.58. The molecule has 0 saturated heterocycles. The van der Waals surface area contributed by atoms with E-state index < -0.39 is 22.5 Å². The molecule has 3 rings (SSSR count). The second-order valence-electron chi connectivity index (χ2n) is 5.43. The zero-order chi connectivity index (χ0) is 19.6. The van der Waals surface area contributed by atoms with Gasteiger partial charge in [-0.05, 0) is 30.3 Å². The zero-order valence-corrected chi connectivity index (χ0v) is 13.6. The van der Waals surface area contributed by atoms with Gasteiger partial charge >= 0.3 is 5.97 Å². The molecule has 0 spiro atoms. The molecule has 0 aliphatic carbocycles. The Bertz CT molecular complexity index is 1060. The number of carbonyl (C=O) groups is 2. The fraction of sp³-hybridized carbons (Fsp3) is 0. The van der Waals surface area contributed by atoms with E-state index in [0.29, 0.717) is 0 Å². The highest BCUT2D eigenvalue weighted by Crippen LogP contribution is 2.31. The number of aromatic hydroxyl groups is 1. The standard InChI is InChI=1S/C18H12N2O7/c21-14-9-10(5-6-12(14)18(23)24)19-17(22)16-8-7-15(27-16)11-3-1-2-4-13(11)20(25)26/h1-9,21H,(H,19,22)(H,23,24). The molecule has 136 valence electrons. The molecule has 0 unspecified atom stereocenters. The fourth-order valence-corrected chi connectivity index (χ4v) is 2.43. The highest BCUT2D eigenvalue weighted by atomic mass is 16.6. The second-order valence-corrected chi connectivity index (χ2v) is 5.43. The van der Waals surface area contributed by atoms with Gasteiger partial charge < -0.3 is 19.9 Å². The number of nitro groups is 1. The van der Waals surface area contributed by atoms with Gasteiger partial charge in [0.05, 0.1) is 10.5 Å². The quantitative estimate of drug-likeness (QED) is 0.462. The summed E-state index contributed by atoms with van der Waals surface area (Å²) in [5.41, 5.74) is -0.0752. The topological polar surface area (TPSA) is 143 Å². The van der Waals surface area contributed by atoms with Gasteiger partial charge in [-0.1, -0.05) is 12.1 Å². The summed E-state index contributed by atoms with van der Waals surface area (Å²) in [4.78, 5) is 33.7. The predicted molar refractivity (Wildman–Crippen MR) is 93.8 cm³/mol. The van der Waals surface area contributed by atoms with Crippen molar-refractivity contribution in [2.75, 3.05) is 5.32 Å². The molecule has 2 aromatic carbocycles. The van der Waals surface area contributed by atoms with Crippen molar-refractivity contribution in [3.63, 3.8) is 0 Å². The van der Waals surface area contributed by atoms with Crippen molar-refractivity contribution >= 4 is 23.3 Å². The number of nitrogens with zero attached hydrogens (tertiary/aromatic N) is 1. The number of hydrogen-bond donors (Lipinski definition) is 3. The lowest BCUT2D eigenvalue weighted by molar-refractivity contribution is -0.384. The SMILES string of the molecule is O=C(Nc1ccc(C(=O)O)c(O)c1)c1ccc(-c2ccccc2[N+](=O)[O-])o1. The van der Waals surface area contributed by atoms with Gasteiger partial charge in [0.15, 0.2) is 5.76 Å². The summed E-state index contributed by atoms with van der Waals surface area (Å²) in [6.07, 6.45) is 0. The molecule has 3 N–H and O–H groups in total. The van der Waals surface area contributed by atoms with Crippen molar-refractivity contribution in [1.82, 2.24) is 0 Å². The van der Waals surface area contributed by atoms with E-state index >= 15 is 0 Å². The number of rotatable bonds is 5. The number of carboxylic acid groups (broad SMARTS) is 1. The van der Waals surface area contributed by atoms with Crippen LogP contribution in [0.3, 0.4) is 0 Å². The number of para-hydroxylation sites is 1. The van der Waals surface area contributed by atoms with Crippen molar-refractivity contribution in [2.24, 2.45) is 0 Å². The monoisotopic (exact) mass is 368 g/mol. The number of anilines is 1. The van der Waals surface area contributed by atoms with Crippen LogP contribution in [-0.2, 0) is 0 Å². The number of furan rings is 1. The molecule has 0 saturated carbocycles. The number of aromatic carboxylic acids is 1. The number of nitrogens with one attached hydrogen (secondary N) is 1. The molecule has 0 bridgehead atoms. The summed E-state index contributed by atoms with van der Waals surface area (Å²) in [5.74, 6) is -2.42. The van der Waals surface area contributed by atoms with Gasteiger partial charge in [0.1, 0.15) is 17.1 Å². The van der Waals surface area contributed by atoms with Crippen LogP contribution in [0.15, 0.2) is 59.0 Å². The molecule has 1 aromatic heterocycles. The Hall–Kier alpha value is -4.14. The molecule has 9 heteroatoms. The summed E-state index contributed by atoms with van der Waals surface area (Å²) in [7, 11) is 0. The third kappa shape index (κ3) is 3.61. The third-order valence-electron chi connectivity index (χ3n) is 3.68. The highest BCUT2D eigenvalue weighted by Gasteiger charge is 2.19. The lowest BCUT2D eigenvalue weighted by atomic mass is 10.1. The molecule has 9 nitrogen and oxygen atoms in total. The first-order valence-corrected chi connectivity index (χ1v) is 7.58. The Balaban J connectivity index is 1.83. The normalized spacial score (nSPS) is 10.4. The zero-order valence-electron chi connectivity index (χ0n) is 13.6. The minimum absolute atomic E-state index is 0.107. The molecule has 1 amide bonds. The minimum Gasteiger partial charge on any atom is -0.507 e. The maximum atomic E-state index is 12.3. The molecule has 0 aliphatic heterocycles. The van der Waals surface area contributed by atoms with Crippen LogP contribution in [-0.4, -0.2) is 27.0 Å². The lowest BCUT2D eigenvalue weighted by Crippen LogP contribution is -2.11. The van der Waals surface area contributed by atoms with E-state index in [4.69, 9.17) is 9.52 Å². The van der Waals surface area contributed by atoms with Crippen molar-refractivity contribution in [2.45, 2.75) is 0 Å². The maximum Gasteiger partial charge on any atom is 0.339 e. The molecule has 0 aliphatic rings. The second kappa shape index (κ2) is 7.00. The van der Waals surface area contributed by atoms with Crippen LogP contribution in [0.2, 0.25) is 0 Å². The van der Waals surface area contributed by atoms with Crippen LogP contribution < -0.4 is 5.32 Å². The molecule has 0 fully saturated rings. The van der Waals surface area contributed by atoms with Crippen LogP contribution in [0, 0.1) is 10.1 Å². The van der Waals surface area contributed by atoms with E-state index in [-0.39, 0.29) is 34.0 Å². The number of carbonyl (C=O) groups excluding carboxylic acids is 1. The molecular weight excluding hydrogens is 356 g/mol. The molecule has 3 aromatic rings. The number of benzene rings is 2. The van der Waals surface area contributed by atoms with Crippen molar-refractivity contribution in [1.29, 1.82) is 0 Å². The smallest absolute Gasteiger partial charge is 0.339 e. The van der Waals surface area contributed by atoms with E-state index in [0.717, 1.165) is 12.1 Å².